The van der Waals surface area contributed by atoms with Gasteiger partial charge in [0.25, 0.3) is 0 Å². The molecule has 1 amide bonds. The van der Waals surface area contributed by atoms with Crippen molar-refractivity contribution in [2.45, 2.75) is 13.1 Å². The van der Waals surface area contributed by atoms with Gasteiger partial charge in [-0.2, -0.15) is 0 Å². The number of likely N-dealkylation sites (N-methyl/N-ethyl adjacent to an activating group) is 1. The van der Waals surface area contributed by atoms with Crippen molar-refractivity contribution in [3.63, 3.8) is 0 Å². The molecular formula is C22H26N4O2S. The summed E-state index contributed by atoms with van der Waals surface area (Å²) in [5, 5.41) is 3.23. The van der Waals surface area contributed by atoms with E-state index in [0.29, 0.717) is 13.1 Å². The zero-order valence-electron chi connectivity index (χ0n) is 16.7. The van der Waals surface area contributed by atoms with Crippen LogP contribution in [-0.4, -0.2) is 65.4 Å². The smallest absolute Gasteiger partial charge is 0.236 e. The zero-order chi connectivity index (χ0) is 20.1. The van der Waals surface area contributed by atoms with E-state index in [-0.39, 0.29) is 5.91 Å². The number of hydrogen-bond donors (Lipinski definition) is 0. The van der Waals surface area contributed by atoms with Crippen LogP contribution in [0.3, 0.4) is 0 Å². The molecule has 0 unspecified atom stereocenters. The van der Waals surface area contributed by atoms with Crippen LogP contribution < -0.4 is 0 Å². The van der Waals surface area contributed by atoms with Gasteiger partial charge in [-0.1, -0.05) is 30.3 Å². The van der Waals surface area contributed by atoms with E-state index in [1.807, 2.05) is 37.4 Å². The van der Waals surface area contributed by atoms with E-state index in [4.69, 9.17) is 9.40 Å². The first kappa shape index (κ1) is 19.8. The monoisotopic (exact) mass is 410 g/mol. The molecule has 3 heterocycles. The Bertz CT molecular complexity index is 902. The lowest BCUT2D eigenvalue weighted by molar-refractivity contribution is -0.132. The summed E-state index contributed by atoms with van der Waals surface area (Å²) in [6.45, 7) is 5.54. The molecular weight excluding hydrogens is 384 g/mol. The molecule has 0 spiro atoms. The van der Waals surface area contributed by atoms with Gasteiger partial charge in [0.15, 0.2) is 0 Å². The second-order valence-corrected chi connectivity index (χ2v) is 8.25. The van der Waals surface area contributed by atoms with Gasteiger partial charge in [0.05, 0.1) is 25.0 Å². The number of piperazine rings is 1. The van der Waals surface area contributed by atoms with Crippen LogP contribution in [0.15, 0.2) is 58.5 Å². The molecule has 29 heavy (non-hydrogen) atoms. The summed E-state index contributed by atoms with van der Waals surface area (Å²) in [5.41, 5.74) is 2.29. The fourth-order valence-electron chi connectivity index (χ4n) is 3.46. The molecule has 0 aliphatic carbocycles. The number of carbonyl (C=O) groups excluding carboxylic acids is 1. The second kappa shape index (κ2) is 9.35. The van der Waals surface area contributed by atoms with Crippen molar-refractivity contribution < 1.29 is 9.21 Å². The summed E-state index contributed by atoms with van der Waals surface area (Å²) < 4.78 is 5.33. The van der Waals surface area contributed by atoms with E-state index in [1.165, 1.54) is 5.56 Å². The SMILES string of the molecule is CN(Cc1ccco1)C(=O)CN1CCN(Cc2csc(-c3ccccc3)n2)CC1. The van der Waals surface area contributed by atoms with Crippen molar-refractivity contribution in [2.75, 3.05) is 39.8 Å². The van der Waals surface area contributed by atoms with E-state index < -0.39 is 0 Å². The molecule has 3 aromatic rings. The minimum atomic E-state index is 0.127. The first-order chi connectivity index (χ1) is 14.2. The van der Waals surface area contributed by atoms with Crippen LogP contribution in [-0.2, 0) is 17.9 Å². The fraction of sp³-hybridized carbons (Fsp3) is 0.364. The third-order valence-corrected chi connectivity index (χ3v) is 6.12. The minimum absolute atomic E-state index is 0.127. The molecule has 0 bridgehead atoms. The number of carbonyl (C=O) groups is 1. The third kappa shape index (κ3) is 5.32. The van der Waals surface area contributed by atoms with Gasteiger partial charge in [0.1, 0.15) is 10.8 Å². The Morgan fingerprint density at radius 2 is 1.86 bits per heavy atom. The number of thiazole rings is 1. The molecule has 1 saturated heterocycles. The van der Waals surface area contributed by atoms with E-state index in [1.54, 1.807) is 22.5 Å². The van der Waals surface area contributed by atoms with Crippen molar-refractivity contribution in [3.05, 3.63) is 65.6 Å². The van der Waals surface area contributed by atoms with Crippen molar-refractivity contribution in [3.8, 4) is 10.6 Å². The van der Waals surface area contributed by atoms with Crippen LogP contribution in [0.25, 0.3) is 10.6 Å². The number of aromatic nitrogens is 1. The van der Waals surface area contributed by atoms with Gasteiger partial charge < -0.3 is 9.32 Å². The van der Waals surface area contributed by atoms with Crippen molar-refractivity contribution in [1.82, 2.24) is 19.7 Å². The highest BCUT2D eigenvalue weighted by Crippen LogP contribution is 2.24. The molecule has 0 radical (unpaired) electrons. The Morgan fingerprint density at radius 1 is 1.10 bits per heavy atom. The van der Waals surface area contributed by atoms with Crippen LogP contribution in [0, 0.1) is 0 Å². The highest BCUT2D eigenvalue weighted by molar-refractivity contribution is 7.13. The van der Waals surface area contributed by atoms with Crippen LogP contribution in [0.1, 0.15) is 11.5 Å². The van der Waals surface area contributed by atoms with E-state index in [0.717, 1.165) is 49.2 Å². The summed E-state index contributed by atoms with van der Waals surface area (Å²) in [4.78, 5) is 23.6. The Balaban J connectivity index is 1.22. The molecule has 2 aromatic heterocycles. The summed E-state index contributed by atoms with van der Waals surface area (Å²) in [5.74, 6) is 0.936. The van der Waals surface area contributed by atoms with E-state index in [2.05, 4.69) is 27.3 Å². The number of rotatable bonds is 7. The molecule has 1 aliphatic rings. The van der Waals surface area contributed by atoms with Gasteiger partial charge >= 0.3 is 0 Å². The van der Waals surface area contributed by atoms with Crippen molar-refractivity contribution >= 4 is 17.2 Å². The first-order valence-corrected chi connectivity index (χ1v) is 10.8. The highest BCUT2D eigenvalue weighted by atomic mass is 32.1. The van der Waals surface area contributed by atoms with Gasteiger partial charge in [-0.05, 0) is 12.1 Å². The summed E-state index contributed by atoms with van der Waals surface area (Å²) >= 11 is 1.70. The molecule has 7 heteroatoms. The van der Waals surface area contributed by atoms with E-state index >= 15 is 0 Å². The second-order valence-electron chi connectivity index (χ2n) is 7.39. The van der Waals surface area contributed by atoms with Gasteiger partial charge in [0.2, 0.25) is 5.91 Å². The largest absolute Gasteiger partial charge is 0.467 e. The fourth-order valence-corrected chi connectivity index (χ4v) is 4.28. The summed E-state index contributed by atoms with van der Waals surface area (Å²) in [7, 11) is 1.83. The summed E-state index contributed by atoms with van der Waals surface area (Å²) in [6.07, 6.45) is 1.64. The minimum Gasteiger partial charge on any atom is -0.467 e. The van der Waals surface area contributed by atoms with Crippen LogP contribution in [0.4, 0.5) is 0 Å². The van der Waals surface area contributed by atoms with Crippen LogP contribution >= 0.6 is 11.3 Å². The third-order valence-electron chi connectivity index (χ3n) is 5.18. The molecule has 0 N–H and O–H groups in total. The maximum atomic E-state index is 12.5. The average molecular weight is 411 g/mol. The molecule has 1 fully saturated rings. The predicted octanol–water partition coefficient (Wildman–Crippen LogP) is 3.18. The highest BCUT2D eigenvalue weighted by Gasteiger charge is 2.21. The predicted molar refractivity (Wildman–Crippen MR) is 114 cm³/mol. The molecule has 1 aromatic carbocycles. The van der Waals surface area contributed by atoms with Crippen molar-refractivity contribution in [1.29, 1.82) is 0 Å². The van der Waals surface area contributed by atoms with E-state index in [9.17, 15) is 4.79 Å². The van der Waals surface area contributed by atoms with Gasteiger partial charge in [-0.25, -0.2) is 4.98 Å². The molecule has 0 atom stereocenters. The maximum absolute atomic E-state index is 12.5. The Labute approximate surface area is 175 Å². The molecule has 1 aliphatic heterocycles. The Kier molecular flexibility index (Phi) is 6.39. The lowest BCUT2D eigenvalue weighted by Crippen LogP contribution is -2.49. The molecule has 0 saturated carbocycles. The topological polar surface area (TPSA) is 52.8 Å². The number of benzene rings is 1. The quantitative estimate of drug-likeness (QED) is 0.599. The van der Waals surface area contributed by atoms with Gasteiger partial charge in [0, 0.05) is 50.7 Å². The van der Waals surface area contributed by atoms with Crippen molar-refractivity contribution in [2.24, 2.45) is 0 Å². The zero-order valence-corrected chi connectivity index (χ0v) is 17.5. The van der Waals surface area contributed by atoms with Gasteiger partial charge in [-0.15, -0.1) is 11.3 Å². The normalized spacial score (nSPS) is 15.5. The average Bonchev–Trinajstić information content (AvgIpc) is 3.42. The number of furan rings is 1. The lowest BCUT2D eigenvalue weighted by atomic mass is 10.2. The standard InChI is InChI=1S/C22H26N4O2S/c1-24(15-20-8-5-13-28-20)21(27)16-26-11-9-25(10-12-26)14-19-17-29-22(23-19)18-6-3-2-4-7-18/h2-8,13,17H,9-12,14-16H2,1H3. The first-order valence-electron chi connectivity index (χ1n) is 9.88. The number of amides is 1. The number of nitrogens with zero attached hydrogens (tertiary/aromatic N) is 4. The molecule has 4 rings (SSSR count). The Hall–Kier alpha value is -2.48. The number of hydrogen-bond acceptors (Lipinski definition) is 6. The summed E-state index contributed by atoms with van der Waals surface area (Å²) in [6, 6.07) is 14.0. The molecule has 152 valence electrons. The van der Waals surface area contributed by atoms with Crippen LogP contribution in [0.5, 0.6) is 0 Å². The Morgan fingerprint density at radius 3 is 2.59 bits per heavy atom. The maximum Gasteiger partial charge on any atom is 0.236 e. The van der Waals surface area contributed by atoms with Crippen LogP contribution in [0.2, 0.25) is 0 Å². The molecule has 6 nitrogen and oxygen atoms in total. The lowest BCUT2D eigenvalue weighted by Gasteiger charge is -2.34. The van der Waals surface area contributed by atoms with Gasteiger partial charge in [-0.3, -0.25) is 14.6 Å².